The molecule has 1 amide bonds. The molecule has 1 unspecified atom stereocenters. The monoisotopic (exact) mass is 310 g/mol. The maximum Gasteiger partial charge on any atom is 0.253 e. The molecule has 1 aliphatic rings. The summed E-state index contributed by atoms with van der Waals surface area (Å²) in [5, 5.41) is 6.40. The van der Waals surface area contributed by atoms with Crippen LogP contribution in [0.5, 0.6) is 0 Å². The number of aromatic nitrogens is 1. The molecule has 0 spiro atoms. The number of hydrogen-bond acceptors (Lipinski definition) is 4. The van der Waals surface area contributed by atoms with Crippen LogP contribution in [0.3, 0.4) is 0 Å². The van der Waals surface area contributed by atoms with Crippen LogP contribution < -0.4 is 10.6 Å². The van der Waals surface area contributed by atoms with E-state index in [4.69, 9.17) is 11.6 Å². The lowest BCUT2D eigenvalue weighted by molar-refractivity contribution is 0.0939. The molecule has 116 valence electrons. The van der Waals surface area contributed by atoms with Crippen molar-refractivity contribution in [2.75, 3.05) is 25.5 Å². The molecule has 5 nitrogen and oxygen atoms in total. The van der Waals surface area contributed by atoms with E-state index in [2.05, 4.69) is 34.5 Å². The average Bonchev–Trinajstić information content (AvgIpc) is 3.30. The molecule has 0 aromatic carbocycles. The summed E-state index contributed by atoms with van der Waals surface area (Å²) in [4.78, 5) is 18.7. The summed E-state index contributed by atoms with van der Waals surface area (Å²) in [6, 6.07) is 2.69. The SMILES string of the molecule is CCNc1cc(C(=O)NCC(C)N(C)C2CC2)c(Cl)cn1. The predicted molar refractivity (Wildman–Crippen MR) is 86.0 cm³/mol. The van der Waals surface area contributed by atoms with Crippen LogP contribution >= 0.6 is 11.6 Å². The van der Waals surface area contributed by atoms with Crippen LogP contribution in [0.1, 0.15) is 37.0 Å². The van der Waals surface area contributed by atoms with Crippen LogP contribution in [0.25, 0.3) is 0 Å². The van der Waals surface area contributed by atoms with Crippen LogP contribution in [0.4, 0.5) is 5.82 Å². The quantitative estimate of drug-likeness (QED) is 0.812. The zero-order valence-corrected chi connectivity index (χ0v) is 13.6. The molecule has 1 aromatic heterocycles. The molecule has 21 heavy (non-hydrogen) atoms. The van der Waals surface area contributed by atoms with Gasteiger partial charge in [-0.1, -0.05) is 11.6 Å². The highest BCUT2D eigenvalue weighted by Gasteiger charge is 2.29. The van der Waals surface area contributed by atoms with Crippen LogP contribution in [-0.2, 0) is 0 Å². The van der Waals surface area contributed by atoms with Crippen LogP contribution in [0.2, 0.25) is 5.02 Å². The van der Waals surface area contributed by atoms with Gasteiger partial charge in [0.05, 0.1) is 10.6 Å². The van der Waals surface area contributed by atoms with E-state index < -0.39 is 0 Å². The van der Waals surface area contributed by atoms with Crippen molar-refractivity contribution in [3.05, 3.63) is 22.8 Å². The maximum absolute atomic E-state index is 12.3. The Bertz CT molecular complexity index is 504. The molecule has 6 heteroatoms. The van der Waals surface area contributed by atoms with E-state index in [0.717, 1.165) is 6.54 Å². The highest BCUT2D eigenvalue weighted by molar-refractivity contribution is 6.33. The normalized spacial score (nSPS) is 15.9. The fourth-order valence-corrected chi connectivity index (χ4v) is 2.40. The van der Waals surface area contributed by atoms with Gasteiger partial charge < -0.3 is 10.6 Å². The number of nitrogens with one attached hydrogen (secondary N) is 2. The molecule has 1 atom stereocenters. The van der Waals surface area contributed by atoms with Crippen molar-refractivity contribution in [2.24, 2.45) is 0 Å². The lowest BCUT2D eigenvalue weighted by Crippen LogP contribution is -2.41. The molecule has 0 saturated heterocycles. The third-order valence-electron chi connectivity index (χ3n) is 3.83. The first-order valence-corrected chi connectivity index (χ1v) is 7.80. The number of likely N-dealkylation sites (N-methyl/N-ethyl adjacent to an activating group) is 1. The van der Waals surface area contributed by atoms with Gasteiger partial charge in [-0.25, -0.2) is 4.98 Å². The summed E-state index contributed by atoms with van der Waals surface area (Å²) in [6.45, 7) is 5.46. The summed E-state index contributed by atoms with van der Waals surface area (Å²) >= 11 is 6.07. The van der Waals surface area contributed by atoms with Crippen LogP contribution in [0, 0.1) is 0 Å². The van der Waals surface area contributed by atoms with E-state index in [0.29, 0.717) is 35.0 Å². The number of amides is 1. The molecule has 1 fully saturated rings. The molecule has 0 aliphatic heterocycles. The van der Waals surface area contributed by atoms with Gasteiger partial charge in [-0.15, -0.1) is 0 Å². The smallest absolute Gasteiger partial charge is 0.253 e. The lowest BCUT2D eigenvalue weighted by atomic mass is 10.2. The molecule has 1 aliphatic carbocycles. The summed E-state index contributed by atoms with van der Waals surface area (Å²) in [5.41, 5.74) is 0.462. The Morgan fingerprint density at radius 2 is 2.29 bits per heavy atom. The van der Waals surface area contributed by atoms with E-state index >= 15 is 0 Å². The van der Waals surface area contributed by atoms with E-state index in [1.54, 1.807) is 6.07 Å². The zero-order chi connectivity index (χ0) is 15.4. The second-order valence-corrected chi connectivity index (χ2v) is 5.94. The fraction of sp³-hybridized carbons (Fsp3) is 0.600. The van der Waals surface area contributed by atoms with Gasteiger partial charge in [0, 0.05) is 31.4 Å². The third kappa shape index (κ3) is 4.32. The topological polar surface area (TPSA) is 57.3 Å². The van der Waals surface area contributed by atoms with Gasteiger partial charge in [-0.05, 0) is 39.8 Å². The van der Waals surface area contributed by atoms with Crippen LogP contribution in [0.15, 0.2) is 12.3 Å². The van der Waals surface area contributed by atoms with E-state index in [-0.39, 0.29) is 5.91 Å². The fourth-order valence-electron chi connectivity index (χ4n) is 2.21. The molecule has 2 rings (SSSR count). The number of pyridine rings is 1. The summed E-state index contributed by atoms with van der Waals surface area (Å²) < 4.78 is 0. The first-order valence-electron chi connectivity index (χ1n) is 7.42. The number of carbonyl (C=O) groups excluding carboxylic acids is 1. The van der Waals surface area contributed by atoms with Gasteiger partial charge in [0.15, 0.2) is 0 Å². The number of halogens is 1. The molecular formula is C15H23ClN4O. The Morgan fingerprint density at radius 1 is 1.57 bits per heavy atom. The Kier molecular flexibility index (Phi) is 5.42. The molecule has 0 bridgehead atoms. The molecule has 0 radical (unpaired) electrons. The van der Waals surface area contributed by atoms with Crippen LogP contribution in [-0.4, -0.2) is 48.0 Å². The van der Waals surface area contributed by atoms with Crippen molar-refractivity contribution < 1.29 is 4.79 Å². The van der Waals surface area contributed by atoms with Gasteiger partial charge >= 0.3 is 0 Å². The maximum atomic E-state index is 12.3. The Morgan fingerprint density at radius 3 is 2.90 bits per heavy atom. The van der Waals surface area contributed by atoms with Crippen molar-refractivity contribution in [3.63, 3.8) is 0 Å². The first kappa shape index (κ1) is 16.0. The van der Waals surface area contributed by atoms with Gasteiger partial charge in [0.1, 0.15) is 5.82 Å². The van der Waals surface area contributed by atoms with Crippen molar-refractivity contribution >= 4 is 23.3 Å². The molecule has 1 heterocycles. The highest BCUT2D eigenvalue weighted by atomic mass is 35.5. The number of anilines is 1. The number of nitrogens with zero attached hydrogens (tertiary/aromatic N) is 2. The Hall–Kier alpha value is -1.33. The van der Waals surface area contributed by atoms with Crippen molar-refractivity contribution in [3.8, 4) is 0 Å². The van der Waals surface area contributed by atoms with Gasteiger partial charge in [0.2, 0.25) is 0 Å². The second-order valence-electron chi connectivity index (χ2n) is 5.54. The van der Waals surface area contributed by atoms with Crippen molar-refractivity contribution in [2.45, 2.75) is 38.8 Å². The number of hydrogen-bond donors (Lipinski definition) is 2. The third-order valence-corrected chi connectivity index (χ3v) is 4.14. The molecule has 1 saturated carbocycles. The number of rotatable bonds is 7. The van der Waals surface area contributed by atoms with Gasteiger partial charge in [0.25, 0.3) is 5.91 Å². The van der Waals surface area contributed by atoms with E-state index in [1.807, 2.05) is 6.92 Å². The Balaban J connectivity index is 1.94. The molecule has 2 N–H and O–H groups in total. The largest absolute Gasteiger partial charge is 0.370 e. The number of carbonyl (C=O) groups is 1. The second kappa shape index (κ2) is 7.09. The van der Waals surface area contributed by atoms with Crippen molar-refractivity contribution in [1.29, 1.82) is 0 Å². The van der Waals surface area contributed by atoms with Crippen molar-refractivity contribution in [1.82, 2.24) is 15.2 Å². The lowest BCUT2D eigenvalue weighted by Gasteiger charge is -2.24. The zero-order valence-electron chi connectivity index (χ0n) is 12.8. The minimum absolute atomic E-state index is 0.155. The average molecular weight is 311 g/mol. The molecule has 1 aromatic rings. The summed E-state index contributed by atoms with van der Waals surface area (Å²) in [5.74, 6) is 0.507. The first-order chi connectivity index (χ1) is 10.0. The minimum Gasteiger partial charge on any atom is -0.370 e. The standard InChI is InChI=1S/C15H23ClN4O/c1-4-17-14-7-12(13(16)9-18-14)15(21)19-8-10(2)20(3)11-5-6-11/h7,9-11H,4-6,8H2,1-3H3,(H,17,18)(H,19,21). The van der Waals surface area contributed by atoms with Gasteiger partial charge in [-0.3, -0.25) is 9.69 Å². The Labute approximate surface area is 131 Å². The van der Waals surface area contributed by atoms with Gasteiger partial charge in [-0.2, -0.15) is 0 Å². The summed E-state index contributed by atoms with van der Waals surface area (Å²) in [7, 11) is 2.11. The summed E-state index contributed by atoms with van der Waals surface area (Å²) in [6.07, 6.45) is 4.03. The molecular weight excluding hydrogens is 288 g/mol. The minimum atomic E-state index is -0.155. The predicted octanol–water partition coefficient (Wildman–Crippen LogP) is 2.38. The highest BCUT2D eigenvalue weighted by Crippen LogP contribution is 2.26. The van der Waals surface area contributed by atoms with E-state index in [1.165, 1.54) is 19.0 Å². The van der Waals surface area contributed by atoms with E-state index in [9.17, 15) is 4.79 Å².